The minimum atomic E-state index is -0.0150. The maximum Gasteiger partial charge on any atom is 0.162 e. The molecule has 0 saturated carbocycles. The summed E-state index contributed by atoms with van der Waals surface area (Å²) in [5.41, 5.74) is 7.87. The summed E-state index contributed by atoms with van der Waals surface area (Å²) in [4.78, 5) is 14.9. The number of methoxy groups -OCH3 is 1. The van der Waals surface area contributed by atoms with Gasteiger partial charge in [0, 0.05) is 17.3 Å². The van der Waals surface area contributed by atoms with E-state index < -0.39 is 0 Å². The van der Waals surface area contributed by atoms with Crippen LogP contribution in [-0.2, 0) is 6.54 Å². The lowest BCUT2D eigenvalue weighted by Crippen LogP contribution is -1.93. The highest BCUT2D eigenvalue weighted by atomic mass is 16.5. The molecule has 0 aliphatic carbocycles. The summed E-state index contributed by atoms with van der Waals surface area (Å²) < 4.78 is 11.1. The van der Waals surface area contributed by atoms with E-state index in [1.54, 1.807) is 13.3 Å². The second kappa shape index (κ2) is 5.10. The van der Waals surface area contributed by atoms with Crippen LogP contribution in [0.2, 0.25) is 0 Å². The first kappa shape index (κ1) is 13.5. The van der Waals surface area contributed by atoms with Gasteiger partial charge in [-0.25, -0.2) is 0 Å². The molecule has 0 atom stereocenters. The molecule has 3 rings (SSSR count). The van der Waals surface area contributed by atoms with Crippen molar-refractivity contribution in [2.75, 3.05) is 7.11 Å². The third-order valence-corrected chi connectivity index (χ3v) is 3.52. The summed E-state index contributed by atoms with van der Waals surface area (Å²) in [6.45, 7) is 1.89. The van der Waals surface area contributed by atoms with Crippen LogP contribution < -0.4 is 10.5 Å². The number of hydrogen-bond donors (Lipinski definition) is 2. The van der Waals surface area contributed by atoms with Crippen molar-refractivity contribution in [2.24, 2.45) is 5.73 Å². The fourth-order valence-corrected chi connectivity index (χ4v) is 2.50. The number of Topliss-reactive ketones (excluding diaryl/α,β-unsaturated/α-hetero) is 1. The normalized spacial score (nSPS) is 11.0. The zero-order valence-corrected chi connectivity index (χ0v) is 11.9. The number of fused-ring (bicyclic) bond motifs is 1. The lowest BCUT2D eigenvalue weighted by Gasteiger charge is -2.06. The number of nitrogens with two attached hydrogens (primary N) is 1. The SMILES string of the molecule is COc1ccc(-c2ccc(CN)o2)c2[nH]cc(C(C)=O)c12. The molecule has 0 aliphatic heterocycles. The molecule has 5 heteroatoms. The van der Waals surface area contributed by atoms with Gasteiger partial charge in [-0.1, -0.05) is 0 Å². The van der Waals surface area contributed by atoms with Crippen molar-refractivity contribution in [1.82, 2.24) is 4.98 Å². The molecule has 0 aliphatic rings. The smallest absolute Gasteiger partial charge is 0.162 e. The van der Waals surface area contributed by atoms with Gasteiger partial charge >= 0.3 is 0 Å². The summed E-state index contributed by atoms with van der Waals surface area (Å²) in [6, 6.07) is 7.46. The number of carbonyl (C=O) groups is 1. The van der Waals surface area contributed by atoms with E-state index in [0.717, 1.165) is 16.5 Å². The molecule has 0 radical (unpaired) electrons. The van der Waals surface area contributed by atoms with Gasteiger partial charge in [0.2, 0.25) is 0 Å². The molecule has 3 aromatic rings. The Morgan fingerprint density at radius 1 is 1.33 bits per heavy atom. The van der Waals surface area contributed by atoms with Crippen LogP contribution in [0.1, 0.15) is 23.0 Å². The number of aromatic nitrogens is 1. The molecule has 0 bridgehead atoms. The number of ketones is 1. The van der Waals surface area contributed by atoms with Crippen LogP contribution in [0.15, 0.2) is 34.9 Å². The van der Waals surface area contributed by atoms with E-state index in [4.69, 9.17) is 14.9 Å². The molecular formula is C16H16N2O3. The van der Waals surface area contributed by atoms with Crippen molar-refractivity contribution in [3.63, 3.8) is 0 Å². The Balaban J connectivity index is 2.28. The average Bonchev–Trinajstić information content (AvgIpc) is 3.13. The minimum Gasteiger partial charge on any atom is -0.496 e. The number of hydrogen-bond acceptors (Lipinski definition) is 4. The summed E-state index contributed by atoms with van der Waals surface area (Å²) >= 11 is 0. The Morgan fingerprint density at radius 3 is 2.76 bits per heavy atom. The number of nitrogens with one attached hydrogen (secondary N) is 1. The first-order valence-corrected chi connectivity index (χ1v) is 6.64. The van der Waals surface area contributed by atoms with Crippen LogP contribution in [0.3, 0.4) is 0 Å². The summed E-state index contributed by atoms with van der Waals surface area (Å²) in [6.07, 6.45) is 1.70. The number of rotatable bonds is 4. The number of carbonyl (C=O) groups excluding carboxylic acids is 1. The van der Waals surface area contributed by atoms with Gasteiger partial charge in [-0.2, -0.15) is 0 Å². The highest BCUT2D eigenvalue weighted by molar-refractivity contribution is 6.12. The van der Waals surface area contributed by atoms with E-state index in [9.17, 15) is 4.79 Å². The number of aromatic amines is 1. The van der Waals surface area contributed by atoms with E-state index in [-0.39, 0.29) is 5.78 Å². The van der Waals surface area contributed by atoms with E-state index in [0.29, 0.717) is 29.4 Å². The molecule has 2 heterocycles. The molecule has 0 saturated heterocycles. The van der Waals surface area contributed by atoms with Crippen molar-refractivity contribution in [3.05, 3.63) is 41.8 Å². The van der Waals surface area contributed by atoms with Crippen molar-refractivity contribution in [3.8, 4) is 17.1 Å². The predicted octanol–water partition coefficient (Wildman–Crippen LogP) is 3.10. The van der Waals surface area contributed by atoms with Gasteiger partial charge in [0.15, 0.2) is 5.78 Å². The zero-order valence-electron chi connectivity index (χ0n) is 11.9. The number of furan rings is 1. The van der Waals surface area contributed by atoms with Crippen LogP contribution in [0.4, 0.5) is 0 Å². The Labute approximate surface area is 121 Å². The van der Waals surface area contributed by atoms with Crippen molar-refractivity contribution >= 4 is 16.7 Å². The van der Waals surface area contributed by atoms with Gasteiger partial charge in [0.1, 0.15) is 17.3 Å². The molecular weight excluding hydrogens is 268 g/mol. The Morgan fingerprint density at radius 2 is 2.14 bits per heavy atom. The third kappa shape index (κ3) is 2.11. The quantitative estimate of drug-likeness (QED) is 0.721. The van der Waals surface area contributed by atoms with Crippen LogP contribution >= 0.6 is 0 Å². The lowest BCUT2D eigenvalue weighted by atomic mass is 10.0. The van der Waals surface area contributed by atoms with E-state index in [1.807, 2.05) is 24.3 Å². The van der Waals surface area contributed by atoms with Gasteiger partial charge in [0.05, 0.1) is 24.6 Å². The van der Waals surface area contributed by atoms with Crippen LogP contribution in [-0.4, -0.2) is 17.9 Å². The molecule has 0 fully saturated rings. The first-order valence-electron chi connectivity index (χ1n) is 6.64. The number of benzene rings is 1. The summed E-state index contributed by atoms with van der Waals surface area (Å²) in [5.74, 6) is 2.07. The topological polar surface area (TPSA) is 81.2 Å². The summed E-state index contributed by atoms with van der Waals surface area (Å²) in [7, 11) is 1.59. The molecule has 0 spiro atoms. The Kier molecular flexibility index (Phi) is 3.27. The molecule has 5 nitrogen and oxygen atoms in total. The third-order valence-electron chi connectivity index (χ3n) is 3.52. The van der Waals surface area contributed by atoms with Crippen molar-refractivity contribution in [2.45, 2.75) is 13.5 Å². The number of H-pyrrole nitrogens is 1. The van der Waals surface area contributed by atoms with Crippen LogP contribution in [0, 0.1) is 0 Å². The Bertz CT molecular complexity index is 814. The molecule has 108 valence electrons. The van der Waals surface area contributed by atoms with Crippen LogP contribution in [0.5, 0.6) is 5.75 Å². The molecule has 0 unspecified atom stereocenters. The largest absolute Gasteiger partial charge is 0.496 e. The van der Waals surface area contributed by atoms with Gasteiger partial charge in [-0.05, 0) is 31.2 Å². The molecule has 1 aromatic carbocycles. The van der Waals surface area contributed by atoms with Gasteiger partial charge in [-0.15, -0.1) is 0 Å². The summed E-state index contributed by atoms with van der Waals surface area (Å²) in [5, 5.41) is 0.771. The van der Waals surface area contributed by atoms with E-state index in [1.165, 1.54) is 6.92 Å². The van der Waals surface area contributed by atoms with E-state index >= 15 is 0 Å². The zero-order chi connectivity index (χ0) is 15.0. The fourth-order valence-electron chi connectivity index (χ4n) is 2.50. The monoisotopic (exact) mass is 284 g/mol. The first-order chi connectivity index (χ1) is 10.2. The fraction of sp³-hybridized carbons (Fsp3) is 0.188. The molecule has 0 amide bonds. The van der Waals surface area contributed by atoms with Gasteiger partial charge < -0.3 is 19.9 Å². The van der Waals surface area contributed by atoms with E-state index in [2.05, 4.69) is 4.98 Å². The molecule has 21 heavy (non-hydrogen) atoms. The average molecular weight is 284 g/mol. The highest BCUT2D eigenvalue weighted by Crippen LogP contribution is 2.36. The minimum absolute atomic E-state index is 0.0150. The van der Waals surface area contributed by atoms with Gasteiger partial charge in [0.25, 0.3) is 0 Å². The second-order valence-corrected chi connectivity index (χ2v) is 4.79. The van der Waals surface area contributed by atoms with Crippen molar-refractivity contribution in [1.29, 1.82) is 0 Å². The number of ether oxygens (including phenoxy) is 1. The standard InChI is InChI=1S/C16H16N2O3/c1-9(19)12-8-18-16-11(4-6-14(20-2)15(12)16)13-5-3-10(7-17)21-13/h3-6,8,18H,7,17H2,1-2H3. The maximum atomic E-state index is 11.8. The molecule has 3 N–H and O–H groups in total. The van der Waals surface area contributed by atoms with Crippen LogP contribution in [0.25, 0.3) is 22.2 Å². The predicted molar refractivity (Wildman–Crippen MR) is 80.4 cm³/mol. The lowest BCUT2D eigenvalue weighted by molar-refractivity contribution is 0.101. The maximum absolute atomic E-state index is 11.8. The molecule has 2 aromatic heterocycles. The van der Waals surface area contributed by atoms with Crippen molar-refractivity contribution < 1.29 is 13.9 Å². The highest BCUT2D eigenvalue weighted by Gasteiger charge is 2.17. The second-order valence-electron chi connectivity index (χ2n) is 4.79. The van der Waals surface area contributed by atoms with Gasteiger partial charge in [-0.3, -0.25) is 4.79 Å². The Hall–Kier alpha value is -2.53.